The average Bonchev–Trinajstić information content (AvgIpc) is 2.46. The summed E-state index contributed by atoms with van der Waals surface area (Å²) >= 11 is 0. The highest BCUT2D eigenvalue weighted by molar-refractivity contribution is 5.93. The number of hydrogen-bond acceptors (Lipinski definition) is 4. The zero-order valence-corrected chi connectivity index (χ0v) is 10.9. The fourth-order valence-corrected chi connectivity index (χ4v) is 2.20. The maximum Gasteiger partial charge on any atom is 0.224 e. The molecule has 20 heavy (non-hydrogen) atoms. The van der Waals surface area contributed by atoms with Gasteiger partial charge >= 0.3 is 0 Å². The highest BCUT2D eigenvalue weighted by Gasteiger charge is 2.21. The van der Waals surface area contributed by atoms with Crippen molar-refractivity contribution in [1.82, 2.24) is 0 Å². The molecule has 2 atom stereocenters. The molecule has 2 unspecified atom stereocenters. The van der Waals surface area contributed by atoms with Crippen molar-refractivity contribution >= 4 is 11.6 Å². The van der Waals surface area contributed by atoms with Crippen molar-refractivity contribution in [2.75, 3.05) is 11.9 Å². The van der Waals surface area contributed by atoms with Crippen LogP contribution >= 0.6 is 0 Å². The standard InChI is InChI=1S/C13H16N4O3/c14-17-15-6-5-11(18)13(20)9-1-3-10-8(7-9)2-4-12(19)16-10/h1,3,7,11,13,18,20H,2,4-6H2,(H,16,19). The summed E-state index contributed by atoms with van der Waals surface area (Å²) in [6.07, 6.45) is -0.787. The van der Waals surface area contributed by atoms with Crippen molar-refractivity contribution < 1.29 is 15.0 Å². The van der Waals surface area contributed by atoms with E-state index in [-0.39, 0.29) is 18.9 Å². The first-order valence-corrected chi connectivity index (χ1v) is 6.41. The summed E-state index contributed by atoms with van der Waals surface area (Å²) in [5.74, 6) is -0.0137. The number of anilines is 1. The number of benzene rings is 1. The first-order valence-electron chi connectivity index (χ1n) is 6.41. The van der Waals surface area contributed by atoms with Gasteiger partial charge in [-0.2, -0.15) is 0 Å². The summed E-state index contributed by atoms with van der Waals surface area (Å²) in [6, 6.07) is 5.19. The van der Waals surface area contributed by atoms with E-state index in [1.54, 1.807) is 18.2 Å². The van der Waals surface area contributed by atoms with Crippen LogP contribution in [0.5, 0.6) is 0 Å². The van der Waals surface area contributed by atoms with Gasteiger partial charge in [0, 0.05) is 23.6 Å². The number of carbonyl (C=O) groups excluding carboxylic acids is 1. The van der Waals surface area contributed by atoms with Gasteiger partial charge in [0.2, 0.25) is 5.91 Å². The van der Waals surface area contributed by atoms with Crippen LogP contribution < -0.4 is 5.32 Å². The molecule has 0 spiro atoms. The number of amides is 1. The van der Waals surface area contributed by atoms with Crippen molar-refractivity contribution in [2.24, 2.45) is 5.11 Å². The Morgan fingerprint density at radius 1 is 1.40 bits per heavy atom. The second kappa shape index (κ2) is 6.38. The number of aryl methyl sites for hydroxylation is 1. The first kappa shape index (κ1) is 14.3. The first-order chi connectivity index (χ1) is 9.61. The Morgan fingerprint density at radius 3 is 2.95 bits per heavy atom. The van der Waals surface area contributed by atoms with E-state index >= 15 is 0 Å². The Morgan fingerprint density at radius 2 is 2.20 bits per heavy atom. The van der Waals surface area contributed by atoms with Crippen LogP contribution in [0.1, 0.15) is 30.1 Å². The van der Waals surface area contributed by atoms with E-state index in [0.29, 0.717) is 18.4 Å². The molecule has 1 amide bonds. The molecule has 2 rings (SSSR count). The normalized spacial score (nSPS) is 16.6. The Kier molecular flexibility index (Phi) is 4.57. The van der Waals surface area contributed by atoms with Gasteiger partial charge in [-0.1, -0.05) is 17.2 Å². The summed E-state index contributed by atoms with van der Waals surface area (Å²) in [6.45, 7) is 0.135. The van der Waals surface area contributed by atoms with Crippen LogP contribution in [0.15, 0.2) is 23.3 Å². The van der Waals surface area contributed by atoms with Crippen LogP contribution in [0.25, 0.3) is 10.4 Å². The van der Waals surface area contributed by atoms with Crippen LogP contribution in [0.4, 0.5) is 5.69 Å². The quantitative estimate of drug-likeness (QED) is 0.431. The van der Waals surface area contributed by atoms with Gasteiger partial charge in [-0.3, -0.25) is 4.79 Å². The molecule has 1 aliphatic heterocycles. The predicted molar refractivity (Wildman–Crippen MR) is 73.0 cm³/mol. The third-order valence-electron chi connectivity index (χ3n) is 3.32. The van der Waals surface area contributed by atoms with Crippen LogP contribution in [0.2, 0.25) is 0 Å². The van der Waals surface area contributed by atoms with Gasteiger partial charge in [-0.05, 0) is 35.6 Å². The minimum absolute atomic E-state index is 0.0137. The summed E-state index contributed by atoms with van der Waals surface area (Å²) in [5, 5.41) is 26.0. The maximum absolute atomic E-state index is 11.3. The SMILES string of the molecule is [N-]=[N+]=NCCC(O)C(O)c1ccc2c(c1)CCC(=O)N2. The fraction of sp³-hybridized carbons (Fsp3) is 0.462. The van der Waals surface area contributed by atoms with Crippen molar-refractivity contribution in [1.29, 1.82) is 0 Å². The minimum atomic E-state index is -1.04. The molecule has 0 saturated heterocycles. The monoisotopic (exact) mass is 276 g/mol. The number of aliphatic hydroxyl groups is 2. The molecule has 1 aromatic carbocycles. The molecule has 0 radical (unpaired) electrons. The Bertz CT molecular complexity index is 555. The Hall–Kier alpha value is -2.08. The average molecular weight is 276 g/mol. The van der Waals surface area contributed by atoms with E-state index < -0.39 is 12.2 Å². The number of azide groups is 1. The van der Waals surface area contributed by atoms with Gasteiger partial charge in [-0.15, -0.1) is 0 Å². The molecule has 0 fully saturated rings. The third-order valence-corrected chi connectivity index (χ3v) is 3.32. The van der Waals surface area contributed by atoms with E-state index in [1.807, 2.05) is 0 Å². The highest BCUT2D eigenvalue weighted by Crippen LogP contribution is 2.27. The van der Waals surface area contributed by atoms with Crippen molar-refractivity contribution in [3.05, 3.63) is 39.8 Å². The molecule has 0 bridgehead atoms. The van der Waals surface area contributed by atoms with Crippen LogP contribution in [-0.2, 0) is 11.2 Å². The summed E-state index contributed by atoms with van der Waals surface area (Å²) < 4.78 is 0. The lowest BCUT2D eigenvalue weighted by molar-refractivity contribution is -0.116. The summed E-state index contributed by atoms with van der Waals surface area (Å²) in [5.41, 5.74) is 10.5. The predicted octanol–water partition coefficient (Wildman–Crippen LogP) is 1.67. The molecule has 7 heteroatoms. The van der Waals surface area contributed by atoms with Crippen molar-refractivity contribution in [2.45, 2.75) is 31.5 Å². The molecule has 106 valence electrons. The lowest BCUT2D eigenvalue weighted by Crippen LogP contribution is -2.21. The molecule has 1 aromatic rings. The number of nitrogens with zero attached hydrogens (tertiary/aromatic N) is 3. The fourth-order valence-electron chi connectivity index (χ4n) is 2.20. The highest BCUT2D eigenvalue weighted by atomic mass is 16.3. The van der Waals surface area contributed by atoms with Gasteiger partial charge in [0.05, 0.1) is 6.10 Å². The van der Waals surface area contributed by atoms with E-state index in [4.69, 9.17) is 5.53 Å². The molecule has 0 aliphatic carbocycles. The molecular formula is C13H16N4O3. The van der Waals surface area contributed by atoms with Gasteiger partial charge in [0.15, 0.2) is 0 Å². The summed E-state index contributed by atoms with van der Waals surface area (Å²) in [4.78, 5) is 13.9. The summed E-state index contributed by atoms with van der Waals surface area (Å²) in [7, 11) is 0. The largest absolute Gasteiger partial charge is 0.390 e. The van der Waals surface area contributed by atoms with E-state index in [2.05, 4.69) is 15.3 Å². The van der Waals surface area contributed by atoms with Gasteiger partial charge in [0.1, 0.15) is 6.10 Å². The Balaban J connectivity index is 2.08. The van der Waals surface area contributed by atoms with Crippen molar-refractivity contribution in [3.8, 4) is 0 Å². The van der Waals surface area contributed by atoms with E-state index in [0.717, 1.165) is 11.3 Å². The molecule has 0 aromatic heterocycles. The topological polar surface area (TPSA) is 118 Å². The van der Waals surface area contributed by atoms with Crippen LogP contribution in [-0.4, -0.2) is 28.8 Å². The lowest BCUT2D eigenvalue weighted by atomic mass is 9.95. The minimum Gasteiger partial charge on any atom is -0.390 e. The number of nitrogens with one attached hydrogen (secondary N) is 1. The van der Waals surface area contributed by atoms with E-state index in [1.165, 1.54) is 0 Å². The van der Waals surface area contributed by atoms with Crippen molar-refractivity contribution in [3.63, 3.8) is 0 Å². The van der Waals surface area contributed by atoms with Crippen LogP contribution in [0.3, 0.4) is 0 Å². The number of rotatable bonds is 5. The number of fused-ring (bicyclic) bond motifs is 1. The smallest absolute Gasteiger partial charge is 0.224 e. The molecular weight excluding hydrogens is 260 g/mol. The number of aliphatic hydroxyl groups excluding tert-OH is 2. The zero-order valence-electron chi connectivity index (χ0n) is 10.9. The maximum atomic E-state index is 11.3. The number of carbonyl (C=O) groups is 1. The van der Waals surface area contributed by atoms with Gasteiger partial charge < -0.3 is 15.5 Å². The molecule has 7 nitrogen and oxygen atoms in total. The molecule has 1 heterocycles. The lowest BCUT2D eigenvalue weighted by Gasteiger charge is -2.21. The zero-order chi connectivity index (χ0) is 14.5. The second-order valence-electron chi connectivity index (χ2n) is 4.72. The number of hydrogen-bond donors (Lipinski definition) is 3. The molecule has 0 saturated carbocycles. The molecule has 1 aliphatic rings. The molecule has 3 N–H and O–H groups in total. The third kappa shape index (κ3) is 3.27. The Labute approximate surface area is 115 Å². The van der Waals surface area contributed by atoms with Crippen LogP contribution in [0, 0.1) is 0 Å². The second-order valence-corrected chi connectivity index (χ2v) is 4.72. The van der Waals surface area contributed by atoms with Gasteiger partial charge in [-0.25, -0.2) is 0 Å². The van der Waals surface area contributed by atoms with E-state index in [9.17, 15) is 15.0 Å². The van der Waals surface area contributed by atoms with Gasteiger partial charge in [0.25, 0.3) is 0 Å².